The van der Waals surface area contributed by atoms with Crippen LogP contribution in [0, 0.1) is 11.7 Å². The van der Waals surface area contributed by atoms with Gasteiger partial charge >= 0.3 is 0 Å². The monoisotopic (exact) mass is 422 g/mol. The fourth-order valence-electron chi connectivity index (χ4n) is 3.33. The molecule has 1 unspecified atom stereocenters. The largest absolute Gasteiger partial charge is 0.360 e. The summed E-state index contributed by atoms with van der Waals surface area (Å²) in [7, 11) is 0. The second-order valence-electron chi connectivity index (χ2n) is 6.96. The minimum absolute atomic E-state index is 0.0813. The number of anilines is 1. The van der Waals surface area contributed by atoms with Gasteiger partial charge < -0.3 is 9.84 Å². The van der Waals surface area contributed by atoms with Crippen LogP contribution in [0.3, 0.4) is 0 Å². The molecule has 2 aromatic heterocycles. The third-order valence-corrected chi connectivity index (χ3v) is 5.46. The van der Waals surface area contributed by atoms with Gasteiger partial charge in [0.15, 0.2) is 11.5 Å². The van der Waals surface area contributed by atoms with Crippen molar-refractivity contribution in [2.24, 2.45) is 5.92 Å². The Bertz CT molecular complexity index is 1030. The highest BCUT2D eigenvalue weighted by Gasteiger charge is 2.27. The Hall–Kier alpha value is -2.38. The van der Waals surface area contributed by atoms with Gasteiger partial charge in [0.1, 0.15) is 16.6 Å². The third kappa shape index (κ3) is 3.64. The molecular formula is C19H17Cl2FN4O2. The molecule has 1 aromatic carbocycles. The summed E-state index contributed by atoms with van der Waals surface area (Å²) in [6.07, 6.45) is 4.03. The van der Waals surface area contributed by atoms with Gasteiger partial charge in [0.2, 0.25) is 0 Å². The van der Waals surface area contributed by atoms with Crippen LogP contribution in [0.4, 0.5) is 10.2 Å². The maximum absolute atomic E-state index is 14.0. The van der Waals surface area contributed by atoms with Gasteiger partial charge in [-0.2, -0.15) is 5.10 Å². The third-order valence-electron chi connectivity index (χ3n) is 4.83. The zero-order chi connectivity index (χ0) is 19.8. The zero-order valence-electron chi connectivity index (χ0n) is 15.0. The number of fused-ring (bicyclic) bond motifs is 1. The van der Waals surface area contributed by atoms with E-state index in [4.69, 9.17) is 27.7 Å². The van der Waals surface area contributed by atoms with Gasteiger partial charge in [-0.25, -0.2) is 4.39 Å². The van der Waals surface area contributed by atoms with E-state index in [0.717, 1.165) is 30.6 Å². The quantitative estimate of drug-likeness (QED) is 0.658. The molecular weight excluding hydrogens is 406 g/mol. The number of halogens is 3. The van der Waals surface area contributed by atoms with Crippen LogP contribution < -0.4 is 5.32 Å². The van der Waals surface area contributed by atoms with E-state index in [-0.39, 0.29) is 23.1 Å². The van der Waals surface area contributed by atoms with Crippen LogP contribution in [0.5, 0.6) is 0 Å². The number of rotatable bonds is 4. The van der Waals surface area contributed by atoms with Crippen LogP contribution in [-0.4, -0.2) is 20.8 Å². The number of aromatic nitrogens is 3. The van der Waals surface area contributed by atoms with E-state index >= 15 is 0 Å². The van der Waals surface area contributed by atoms with Crippen molar-refractivity contribution in [3.8, 4) is 0 Å². The SMILES string of the molecule is CC1CCc2onc(C(=O)Nc3nn(Cc4c(F)cccc4Cl)cc3Cl)c2C1. The molecule has 6 nitrogen and oxygen atoms in total. The Morgan fingerprint density at radius 3 is 3.00 bits per heavy atom. The number of hydrogen-bond donors (Lipinski definition) is 1. The lowest BCUT2D eigenvalue weighted by Crippen LogP contribution is -2.18. The Morgan fingerprint density at radius 1 is 1.39 bits per heavy atom. The fourth-order valence-corrected chi connectivity index (χ4v) is 3.75. The normalized spacial score (nSPS) is 16.1. The van der Waals surface area contributed by atoms with Crippen LogP contribution in [0.1, 0.15) is 40.7 Å². The average Bonchev–Trinajstić information content (AvgIpc) is 3.21. The van der Waals surface area contributed by atoms with Crippen molar-refractivity contribution < 1.29 is 13.7 Å². The lowest BCUT2D eigenvalue weighted by atomic mass is 9.88. The highest BCUT2D eigenvalue weighted by molar-refractivity contribution is 6.33. The van der Waals surface area contributed by atoms with E-state index < -0.39 is 11.7 Å². The standard InChI is InChI=1S/C19H17Cl2FN4O2/c1-10-5-6-16-11(7-10)17(25-28-16)19(27)23-18-14(21)9-26(24-18)8-12-13(20)3-2-4-15(12)22/h2-4,9-10H,5-8H2,1H3,(H,23,24,27). The Morgan fingerprint density at radius 2 is 2.21 bits per heavy atom. The van der Waals surface area contributed by atoms with E-state index in [0.29, 0.717) is 16.5 Å². The van der Waals surface area contributed by atoms with Crippen molar-refractivity contribution in [3.05, 3.63) is 62.8 Å². The maximum atomic E-state index is 14.0. The van der Waals surface area contributed by atoms with Crippen LogP contribution >= 0.6 is 23.2 Å². The van der Waals surface area contributed by atoms with Gasteiger partial charge in [0.05, 0.1) is 6.54 Å². The number of amides is 1. The first-order chi connectivity index (χ1) is 13.4. The molecule has 0 fully saturated rings. The molecule has 0 saturated heterocycles. The first-order valence-corrected chi connectivity index (χ1v) is 9.62. The second kappa shape index (κ2) is 7.56. The summed E-state index contributed by atoms with van der Waals surface area (Å²) in [5.74, 6) is 0.517. The van der Waals surface area contributed by atoms with E-state index in [1.54, 1.807) is 6.07 Å². The summed E-state index contributed by atoms with van der Waals surface area (Å²) in [5, 5.41) is 11.3. The molecule has 0 radical (unpaired) electrons. The number of benzene rings is 1. The Kier molecular flexibility index (Phi) is 5.12. The van der Waals surface area contributed by atoms with Crippen molar-refractivity contribution in [1.82, 2.24) is 14.9 Å². The number of carbonyl (C=O) groups excluding carboxylic acids is 1. The summed E-state index contributed by atoms with van der Waals surface area (Å²) < 4.78 is 20.7. The number of carbonyl (C=O) groups is 1. The highest BCUT2D eigenvalue weighted by Crippen LogP contribution is 2.29. The van der Waals surface area contributed by atoms with Gasteiger partial charge in [0.25, 0.3) is 5.91 Å². The molecule has 4 rings (SSSR count). The van der Waals surface area contributed by atoms with Gasteiger partial charge in [0, 0.05) is 28.8 Å². The first-order valence-electron chi connectivity index (χ1n) is 8.87. The van der Waals surface area contributed by atoms with Crippen molar-refractivity contribution in [3.63, 3.8) is 0 Å². The fraction of sp³-hybridized carbons (Fsp3) is 0.316. The minimum Gasteiger partial charge on any atom is -0.360 e. The molecule has 1 aliphatic carbocycles. The van der Waals surface area contributed by atoms with Crippen LogP contribution in [0.25, 0.3) is 0 Å². The Balaban J connectivity index is 1.53. The maximum Gasteiger partial charge on any atom is 0.279 e. The highest BCUT2D eigenvalue weighted by atomic mass is 35.5. The molecule has 1 atom stereocenters. The summed E-state index contributed by atoms with van der Waals surface area (Å²) >= 11 is 12.2. The molecule has 3 aromatic rings. The second-order valence-corrected chi connectivity index (χ2v) is 7.77. The topological polar surface area (TPSA) is 73.0 Å². The summed E-state index contributed by atoms with van der Waals surface area (Å²) in [6.45, 7) is 2.21. The molecule has 0 aliphatic heterocycles. The Labute approximate surface area is 170 Å². The molecule has 0 saturated carbocycles. The molecule has 146 valence electrons. The molecule has 1 N–H and O–H groups in total. The lowest BCUT2D eigenvalue weighted by Gasteiger charge is -2.16. The number of aryl methyl sites for hydroxylation is 1. The van der Waals surface area contributed by atoms with Crippen molar-refractivity contribution in [1.29, 1.82) is 0 Å². The molecule has 1 amide bonds. The minimum atomic E-state index is -0.437. The van der Waals surface area contributed by atoms with E-state index in [1.807, 2.05) is 0 Å². The molecule has 0 spiro atoms. The summed E-state index contributed by atoms with van der Waals surface area (Å²) in [4.78, 5) is 12.7. The lowest BCUT2D eigenvalue weighted by molar-refractivity contribution is 0.101. The van der Waals surface area contributed by atoms with Crippen LogP contribution in [-0.2, 0) is 19.4 Å². The van der Waals surface area contributed by atoms with Gasteiger partial charge in [-0.15, -0.1) is 0 Å². The van der Waals surface area contributed by atoms with Crippen LogP contribution in [0.2, 0.25) is 10.0 Å². The predicted octanol–water partition coefficient (Wildman–Crippen LogP) is 4.74. The van der Waals surface area contributed by atoms with Gasteiger partial charge in [-0.3, -0.25) is 9.48 Å². The smallest absolute Gasteiger partial charge is 0.279 e. The predicted molar refractivity (Wildman–Crippen MR) is 103 cm³/mol. The molecule has 2 heterocycles. The van der Waals surface area contributed by atoms with Gasteiger partial charge in [-0.05, 0) is 30.9 Å². The molecule has 28 heavy (non-hydrogen) atoms. The van der Waals surface area contributed by atoms with Crippen LogP contribution in [0.15, 0.2) is 28.9 Å². The number of hydrogen-bond acceptors (Lipinski definition) is 4. The first kappa shape index (κ1) is 19.0. The van der Waals surface area contributed by atoms with Gasteiger partial charge in [-0.1, -0.05) is 41.3 Å². The van der Waals surface area contributed by atoms with E-state index in [9.17, 15) is 9.18 Å². The average molecular weight is 423 g/mol. The number of nitrogens with zero attached hydrogens (tertiary/aromatic N) is 3. The van der Waals surface area contributed by atoms with E-state index in [1.165, 1.54) is 23.0 Å². The number of nitrogens with one attached hydrogen (secondary N) is 1. The summed E-state index contributed by atoms with van der Waals surface area (Å²) in [6, 6.07) is 4.45. The van der Waals surface area contributed by atoms with Crippen molar-refractivity contribution in [2.45, 2.75) is 32.7 Å². The zero-order valence-corrected chi connectivity index (χ0v) is 16.5. The van der Waals surface area contributed by atoms with Crippen molar-refractivity contribution in [2.75, 3.05) is 5.32 Å². The molecule has 0 bridgehead atoms. The van der Waals surface area contributed by atoms with E-state index in [2.05, 4.69) is 22.5 Å². The molecule has 9 heteroatoms. The summed E-state index contributed by atoms with van der Waals surface area (Å²) in [5.41, 5.74) is 1.38. The molecule has 1 aliphatic rings. The van der Waals surface area contributed by atoms with Crippen molar-refractivity contribution >= 4 is 34.9 Å².